The summed E-state index contributed by atoms with van der Waals surface area (Å²) < 4.78 is 5.59. The largest absolute Gasteiger partial charge is 0.508 e. The van der Waals surface area contributed by atoms with Crippen molar-refractivity contribution < 1.29 is 14.6 Å². The summed E-state index contributed by atoms with van der Waals surface area (Å²) in [5.74, 6) is 0.244. The number of fused-ring (bicyclic) bond motifs is 3. The van der Waals surface area contributed by atoms with Gasteiger partial charge in [-0.05, 0) is 45.9 Å². The number of hydrogen-bond acceptors (Lipinski definition) is 3. The topological polar surface area (TPSA) is 58.6 Å². The summed E-state index contributed by atoms with van der Waals surface area (Å²) in [6.07, 6.45) is -0.502. The minimum atomic E-state index is -0.502. The fraction of sp³-hybridized carbons (Fsp3) is 0.240. The van der Waals surface area contributed by atoms with Gasteiger partial charge < -0.3 is 9.84 Å². The van der Waals surface area contributed by atoms with Gasteiger partial charge in [-0.3, -0.25) is 5.32 Å². The highest BCUT2D eigenvalue weighted by Crippen LogP contribution is 2.44. The second-order valence-electron chi connectivity index (χ2n) is 8.43. The van der Waals surface area contributed by atoms with E-state index in [1.165, 1.54) is 22.3 Å². The van der Waals surface area contributed by atoms with Crippen LogP contribution in [0, 0.1) is 0 Å². The van der Waals surface area contributed by atoms with E-state index in [9.17, 15) is 9.90 Å². The summed E-state index contributed by atoms with van der Waals surface area (Å²) in [6.45, 7) is 6.31. The molecule has 0 fully saturated rings. The highest BCUT2D eigenvalue weighted by Gasteiger charge is 2.29. The fourth-order valence-corrected chi connectivity index (χ4v) is 3.97. The lowest BCUT2D eigenvalue weighted by Crippen LogP contribution is -2.18. The van der Waals surface area contributed by atoms with E-state index in [4.69, 9.17) is 4.74 Å². The molecule has 4 nitrogen and oxygen atoms in total. The van der Waals surface area contributed by atoms with Crippen molar-refractivity contribution in [2.45, 2.75) is 32.1 Å². The van der Waals surface area contributed by atoms with E-state index in [0.29, 0.717) is 5.69 Å². The summed E-state index contributed by atoms with van der Waals surface area (Å²) in [5.41, 5.74) is 5.90. The Morgan fingerprint density at radius 3 is 2.14 bits per heavy atom. The standard InChI is InChI=1S/C25H25NO3/c1-25(2,3)22-14-16(12-13-23(22)27)26-24(28)29-15-21-19-10-6-4-8-17(19)18-9-5-7-11-20(18)21/h4-14,21,27H,15H2,1-3H3,(H,26,28). The number of benzene rings is 3. The average molecular weight is 387 g/mol. The quantitative estimate of drug-likeness (QED) is 0.538. The van der Waals surface area contributed by atoms with E-state index in [-0.39, 0.29) is 23.7 Å². The van der Waals surface area contributed by atoms with Crippen molar-refractivity contribution in [1.29, 1.82) is 0 Å². The number of phenolic OH excluding ortho intramolecular Hbond substituents is 1. The average Bonchev–Trinajstić information content (AvgIpc) is 3.01. The van der Waals surface area contributed by atoms with Gasteiger partial charge in [0.2, 0.25) is 0 Å². The number of phenols is 1. The molecule has 0 saturated heterocycles. The van der Waals surface area contributed by atoms with Gasteiger partial charge in [-0.2, -0.15) is 0 Å². The first-order valence-corrected chi connectivity index (χ1v) is 9.80. The first-order chi connectivity index (χ1) is 13.8. The molecule has 4 heteroatoms. The van der Waals surface area contributed by atoms with Crippen LogP contribution in [0.3, 0.4) is 0 Å². The van der Waals surface area contributed by atoms with Gasteiger partial charge in [0.15, 0.2) is 0 Å². The van der Waals surface area contributed by atoms with Gasteiger partial charge in [-0.25, -0.2) is 4.79 Å². The SMILES string of the molecule is CC(C)(C)c1cc(NC(=O)OCC2c3ccccc3-c3ccccc32)ccc1O. The van der Waals surface area contributed by atoms with Crippen molar-refractivity contribution in [2.24, 2.45) is 0 Å². The van der Waals surface area contributed by atoms with Gasteiger partial charge in [0, 0.05) is 17.2 Å². The van der Waals surface area contributed by atoms with Crippen molar-refractivity contribution in [3.05, 3.63) is 83.4 Å². The molecule has 1 aliphatic carbocycles. The highest BCUT2D eigenvalue weighted by molar-refractivity contribution is 5.85. The first kappa shape index (κ1) is 19.1. The Morgan fingerprint density at radius 2 is 1.55 bits per heavy atom. The van der Waals surface area contributed by atoms with Gasteiger partial charge in [0.1, 0.15) is 12.4 Å². The Labute approximate surface area is 171 Å². The Kier molecular flexibility index (Phi) is 4.79. The molecule has 1 aliphatic rings. The zero-order valence-corrected chi connectivity index (χ0v) is 16.9. The Bertz CT molecular complexity index is 1020. The van der Waals surface area contributed by atoms with Crippen LogP contribution in [0.1, 0.15) is 43.4 Å². The van der Waals surface area contributed by atoms with Gasteiger partial charge in [-0.15, -0.1) is 0 Å². The fourth-order valence-electron chi connectivity index (χ4n) is 3.97. The smallest absolute Gasteiger partial charge is 0.411 e. The van der Waals surface area contributed by atoms with Crippen LogP contribution in [-0.4, -0.2) is 17.8 Å². The highest BCUT2D eigenvalue weighted by atomic mass is 16.5. The molecule has 0 radical (unpaired) electrons. The molecule has 0 bridgehead atoms. The van der Waals surface area contributed by atoms with E-state index in [2.05, 4.69) is 29.6 Å². The maximum absolute atomic E-state index is 12.4. The van der Waals surface area contributed by atoms with Gasteiger partial charge >= 0.3 is 6.09 Å². The number of hydrogen-bond donors (Lipinski definition) is 2. The molecule has 3 aromatic carbocycles. The lowest BCUT2D eigenvalue weighted by Gasteiger charge is -2.21. The molecule has 0 spiro atoms. The third-order valence-corrected chi connectivity index (χ3v) is 5.39. The number of rotatable bonds is 3. The summed E-state index contributed by atoms with van der Waals surface area (Å²) in [5, 5.41) is 12.9. The minimum absolute atomic E-state index is 0.0260. The van der Waals surface area contributed by atoms with Gasteiger partial charge in [-0.1, -0.05) is 69.3 Å². The Morgan fingerprint density at radius 1 is 0.966 bits per heavy atom. The second-order valence-corrected chi connectivity index (χ2v) is 8.43. The Balaban J connectivity index is 1.49. The molecule has 0 atom stereocenters. The van der Waals surface area contributed by atoms with Crippen LogP contribution in [0.4, 0.5) is 10.5 Å². The van der Waals surface area contributed by atoms with Crippen LogP contribution in [0.2, 0.25) is 0 Å². The summed E-state index contributed by atoms with van der Waals surface area (Å²) in [4.78, 5) is 12.4. The molecule has 148 valence electrons. The van der Waals surface area contributed by atoms with Crippen LogP contribution in [0.5, 0.6) is 5.75 Å². The maximum Gasteiger partial charge on any atom is 0.411 e. The minimum Gasteiger partial charge on any atom is -0.508 e. The summed E-state index contributed by atoms with van der Waals surface area (Å²) in [7, 11) is 0. The van der Waals surface area contributed by atoms with E-state index in [1.54, 1.807) is 18.2 Å². The number of anilines is 1. The molecule has 3 aromatic rings. The van der Waals surface area contributed by atoms with E-state index in [1.807, 2.05) is 45.0 Å². The van der Waals surface area contributed by atoms with E-state index >= 15 is 0 Å². The molecule has 0 heterocycles. The lowest BCUT2D eigenvalue weighted by molar-refractivity contribution is 0.158. The third kappa shape index (κ3) is 3.70. The molecule has 2 N–H and O–H groups in total. The number of nitrogens with one attached hydrogen (secondary N) is 1. The number of aromatic hydroxyl groups is 1. The van der Waals surface area contributed by atoms with Crippen molar-refractivity contribution in [1.82, 2.24) is 0 Å². The predicted octanol–water partition coefficient (Wildman–Crippen LogP) is 6.05. The van der Waals surface area contributed by atoms with Crippen LogP contribution in [-0.2, 0) is 10.2 Å². The van der Waals surface area contributed by atoms with E-state index in [0.717, 1.165) is 5.56 Å². The predicted molar refractivity (Wildman–Crippen MR) is 115 cm³/mol. The molecule has 0 aliphatic heterocycles. The zero-order valence-electron chi connectivity index (χ0n) is 16.9. The molecule has 0 unspecified atom stereocenters. The molecule has 4 rings (SSSR count). The van der Waals surface area contributed by atoms with Crippen LogP contribution >= 0.6 is 0 Å². The second kappa shape index (κ2) is 7.28. The molecule has 1 amide bonds. The number of amides is 1. The molecule has 29 heavy (non-hydrogen) atoms. The number of ether oxygens (including phenoxy) is 1. The summed E-state index contributed by atoms with van der Waals surface area (Å²) >= 11 is 0. The zero-order chi connectivity index (χ0) is 20.6. The molecular formula is C25H25NO3. The molecular weight excluding hydrogens is 362 g/mol. The lowest BCUT2D eigenvalue weighted by atomic mass is 9.86. The van der Waals surface area contributed by atoms with Crippen molar-refractivity contribution >= 4 is 11.8 Å². The Hall–Kier alpha value is -3.27. The first-order valence-electron chi connectivity index (χ1n) is 9.80. The number of carbonyl (C=O) groups is 1. The van der Waals surface area contributed by atoms with Crippen LogP contribution in [0.25, 0.3) is 11.1 Å². The molecule has 0 saturated carbocycles. The van der Waals surface area contributed by atoms with Crippen LogP contribution < -0.4 is 5.32 Å². The van der Waals surface area contributed by atoms with Crippen molar-refractivity contribution in [2.75, 3.05) is 11.9 Å². The van der Waals surface area contributed by atoms with E-state index < -0.39 is 6.09 Å². The normalized spacial score (nSPS) is 12.9. The monoisotopic (exact) mass is 387 g/mol. The van der Waals surface area contributed by atoms with Crippen molar-refractivity contribution in [3.63, 3.8) is 0 Å². The third-order valence-electron chi connectivity index (χ3n) is 5.39. The maximum atomic E-state index is 12.4. The molecule has 0 aromatic heterocycles. The number of carbonyl (C=O) groups excluding carboxylic acids is 1. The van der Waals surface area contributed by atoms with Crippen LogP contribution in [0.15, 0.2) is 66.7 Å². The van der Waals surface area contributed by atoms with Gasteiger partial charge in [0.25, 0.3) is 0 Å². The van der Waals surface area contributed by atoms with Crippen molar-refractivity contribution in [3.8, 4) is 16.9 Å². The summed E-state index contributed by atoms with van der Waals surface area (Å²) in [6, 6.07) is 21.6. The van der Waals surface area contributed by atoms with Gasteiger partial charge in [0.05, 0.1) is 0 Å².